The molecule has 0 bridgehead atoms. The smallest absolute Gasteiger partial charge is 0.0912 e. The van der Waals surface area contributed by atoms with E-state index in [1.807, 2.05) is 6.07 Å². The molecule has 0 saturated heterocycles. The zero-order chi connectivity index (χ0) is 9.84. The van der Waals surface area contributed by atoms with Crippen molar-refractivity contribution in [3.8, 4) is 6.07 Å². The molecule has 0 heterocycles. The minimum atomic E-state index is 0.403. The van der Waals surface area contributed by atoms with Gasteiger partial charge in [0, 0.05) is 11.1 Å². The van der Waals surface area contributed by atoms with Gasteiger partial charge in [0.05, 0.1) is 16.1 Å². The molecule has 0 amide bonds. The molecule has 0 aliphatic rings. The van der Waals surface area contributed by atoms with Crippen LogP contribution in [0.4, 0.5) is 0 Å². The van der Waals surface area contributed by atoms with Crippen LogP contribution >= 0.6 is 34.8 Å². The fourth-order valence-electron chi connectivity index (χ4n) is 0.793. The number of nitrogens with zero attached hydrogens (tertiary/aromatic N) is 1. The van der Waals surface area contributed by atoms with E-state index in [0.29, 0.717) is 20.6 Å². The number of rotatable bonds is 1. The highest BCUT2D eigenvalue weighted by atomic mass is 35.5. The maximum absolute atomic E-state index is 8.30. The van der Waals surface area contributed by atoms with Gasteiger partial charge in [-0.3, -0.25) is 0 Å². The second kappa shape index (κ2) is 4.53. The Morgan fingerprint density at radius 3 is 2.31 bits per heavy atom. The van der Waals surface area contributed by atoms with Crippen LogP contribution in [-0.4, -0.2) is 0 Å². The van der Waals surface area contributed by atoms with Crippen molar-refractivity contribution in [2.75, 3.05) is 0 Å². The third-order valence-electron chi connectivity index (χ3n) is 1.38. The van der Waals surface area contributed by atoms with E-state index < -0.39 is 0 Å². The van der Waals surface area contributed by atoms with E-state index in [4.69, 9.17) is 40.1 Å². The van der Waals surface area contributed by atoms with Crippen LogP contribution in [-0.2, 0) is 0 Å². The van der Waals surface area contributed by atoms with Crippen LogP contribution in [0.3, 0.4) is 0 Å². The Hall–Kier alpha value is -0.680. The van der Waals surface area contributed by atoms with Crippen molar-refractivity contribution in [2.24, 2.45) is 0 Å². The van der Waals surface area contributed by atoms with Gasteiger partial charge in [-0.15, -0.1) is 0 Å². The van der Waals surface area contributed by atoms with E-state index in [2.05, 4.69) is 0 Å². The molecule has 0 aliphatic carbocycles. The number of hydrogen-bond donors (Lipinski definition) is 0. The normalized spacial score (nSPS) is 10.3. The summed E-state index contributed by atoms with van der Waals surface area (Å²) in [6.07, 6.45) is 2.90. The van der Waals surface area contributed by atoms with Crippen LogP contribution in [0.15, 0.2) is 18.2 Å². The molecule has 1 rings (SSSR count). The second-order valence-corrected chi connectivity index (χ2v) is 3.47. The predicted octanol–water partition coefficient (Wildman–Crippen LogP) is 4.18. The van der Waals surface area contributed by atoms with Gasteiger partial charge in [-0.25, -0.2) is 0 Å². The molecule has 0 radical (unpaired) electrons. The number of nitriles is 1. The molecule has 0 spiro atoms. The molecule has 1 aromatic rings. The number of halogens is 3. The molecule has 66 valence electrons. The van der Waals surface area contributed by atoms with E-state index in [9.17, 15) is 0 Å². The predicted molar refractivity (Wildman–Crippen MR) is 56.1 cm³/mol. The van der Waals surface area contributed by atoms with E-state index in [1.165, 1.54) is 6.08 Å². The summed E-state index contributed by atoms with van der Waals surface area (Å²) >= 11 is 17.3. The highest BCUT2D eigenvalue weighted by molar-refractivity contribution is 6.43. The average molecular weight is 232 g/mol. The van der Waals surface area contributed by atoms with Crippen LogP contribution in [0.2, 0.25) is 15.1 Å². The first kappa shape index (κ1) is 10.4. The Labute approximate surface area is 91.1 Å². The van der Waals surface area contributed by atoms with Crippen LogP contribution in [0.5, 0.6) is 0 Å². The summed E-state index contributed by atoms with van der Waals surface area (Å²) in [6, 6.07) is 5.02. The zero-order valence-corrected chi connectivity index (χ0v) is 8.66. The lowest BCUT2D eigenvalue weighted by Gasteiger charge is -2.00. The van der Waals surface area contributed by atoms with Crippen molar-refractivity contribution in [3.63, 3.8) is 0 Å². The third-order valence-corrected chi connectivity index (χ3v) is 2.43. The van der Waals surface area contributed by atoms with Gasteiger partial charge < -0.3 is 0 Å². The molecule has 0 unspecified atom stereocenters. The number of allylic oxidation sites excluding steroid dienone is 1. The summed E-state index contributed by atoms with van der Waals surface area (Å²) in [4.78, 5) is 0. The Morgan fingerprint density at radius 2 is 1.69 bits per heavy atom. The fourth-order valence-corrected chi connectivity index (χ4v) is 1.41. The van der Waals surface area contributed by atoms with E-state index in [-0.39, 0.29) is 0 Å². The molecule has 1 aromatic carbocycles. The van der Waals surface area contributed by atoms with Crippen molar-refractivity contribution in [2.45, 2.75) is 0 Å². The second-order valence-electron chi connectivity index (χ2n) is 2.25. The maximum atomic E-state index is 8.30. The lowest BCUT2D eigenvalue weighted by Crippen LogP contribution is -1.76. The molecule has 0 saturated carbocycles. The summed E-state index contributed by atoms with van der Waals surface area (Å²) in [6.45, 7) is 0. The Morgan fingerprint density at radius 1 is 1.08 bits per heavy atom. The molecule has 0 atom stereocenters. The minimum absolute atomic E-state index is 0.403. The number of hydrogen-bond acceptors (Lipinski definition) is 1. The first-order valence-electron chi connectivity index (χ1n) is 3.36. The molecule has 4 heteroatoms. The van der Waals surface area contributed by atoms with Gasteiger partial charge in [-0.1, -0.05) is 34.8 Å². The van der Waals surface area contributed by atoms with E-state index in [1.54, 1.807) is 18.2 Å². The zero-order valence-electron chi connectivity index (χ0n) is 6.39. The lowest BCUT2D eigenvalue weighted by molar-refractivity contribution is 1.54. The topological polar surface area (TPSA) is 23.8 Å². The van der Waals surface area contributed by atoms with Gasteiger partial charge in [0.1, 0.15) is 0 Å². The quantitative estimate of drug-likeness (QED) is 0.526. The van der Waals surface area contributed by atoms with Crippen LogP contribution in [0.25, 0.3) is 6.08 Å². The molecular weight excluding hydrogens is 228 g/mol. The Kier molecular flexibility index (Phi) is 3.62. The van der Waals surface area contributed by atoms with Crippen molar-refractivity contribution in [1.82, 2.24) is 0 Å². The molecule has 0 N–H and O–H groups in total. The molecule has 0 fully saturated rings. The molecule has 0 aromatic heterocycles. The molecule has 13 heavy (non-hydrogen) atoms. The monoisotopic (exact) mass is 231 g/mol. The standard InChI is InChI=1S/C9H4Cl3N/c10-7-5-9(12)8(11)4-6(7)2-1-3-13/h1-2,4-5H. The van der Waals surface area contributed by atoms with Gasteiger partial charge in [0.25, 0.3) is 0 Å². The summed E-state index contributed by atoms with van der Waals surface area (Å²) in [5, 5.41) is 9.60. The van der Waals surface area contributed by atoms with E-state index in [0.717, 1.165) is 0 Å². The van der Waals surface area contributed by atoms with Crippen molar-refractivity contribution >= 4 is 40.9 Å². The van der Waals surface area contributed by atoms with Gasteiger partial charge in [-0.2, -0.15) is 5.26 Å². The summed E-state index contributed by atoms with van der Waals surface area (Å²) in [5.74, 6) is 0. The largest absolute Gasteiger partial charge is 0.193 e. The van der Waals surface area contributed by atoms with Crippen LogP contribution < -0.4 is 0 Å². The SMILES string of the molecule is N#CC=Cc1cc(Cl)c(Cl)cc1Cl. The Bertz CT molecular complexity index is 391. The molecule has 1 nitrogen and oxygen atoms in total. The Balaban J connectivity index is 3.17. The summed E-state index contributed by atoms with van der Waals surface area (Å²) in [5.41, 5.74) is 0.678. The molecule has 0 aliphatic heterocycles. The highest BCUT2D eigenvalue weighted by Gasteiger charge is 2.02. The summed E-state index contributed by atoms with van der Waals surface area (Å²) in [7, 11) is 0. The third kappa shape index (κ3) is 2.63. The first-order valence-corrected chi connectivity index (χ1v) is 4.49. The van der Waals surface area contributed by atoms with Crippen LogP contribution in [0.1, 0.15) is 5.56 Å². The number of benzene rings is 1. The van der Waals surface area contributed by atoms with Crippen LogP contribution in [0, 0.1) is 11.3 Å². The fraction of sp³-hybridized carbons (Fsp3) is 0. The maximum Gasteiger partial charge on any atom is 0.0912 e. The summed E-state index contributed by atoms with van der Waals surface area (Å²) < 4.78 is 0. The van der Waals surface area contributed by atoms with Crippen molar-refractivity contribution in [1.29, 1.82) is 5.26 Å². The van der Waals surface area contributed by atoms with Crippen molar-refractivity contribution in [3.05, 3.63) is 38.8 Å². The van der Waals surface area contributed by atoms with Gasteiger partial charge in [0.15, 0.2) is 0 Å². The first-order chi connectivity index (χ1) is 6.15. The lowest BCUT2D eigenvalue weighted by atomic mass is 10.2. The van der Waals surface area contributed by atoms with Crippen molar-refractivity contribution < 1.29 is 0 Å². The average Bonchev–Trinajstić information content (AvgIpc) is 2.09. The highest BCUT2D eigenvalue weighted by Crippen LogP contribution is 2.29. The molecular formula is C9H4Cl3N. The van der Waals surface area contributed by atoms with Gasteiger partial charge in [-0.05, 0) is 23.8 Å². The van der Waals surface area contributed by atoms with Gasteiger partial charge >= 0.3 is 0 Å². The minimum Gasteiger partial charge on any atom is -0.193 e. The van der Waals surface area contributed by atoms with Gasteiger partial charge in [0.2, 0.25) is 0 Å². The van der Waals surface area contributed by atoms with E-state index >= 15 is 0 Å².